The van der Waals surface area contributed by atoms with Gasteiger partial charge < -0.3 is 14.5 Å². The maximum atomic E-state index is 13.1. The third kappa shape index (κ3) is 4.98. The second kappa shape index (κ2) is 10.1. The van der Waals surface area contributed by atoms with Crippen LogP contribution >= 0.6 is 0 Å². The van der Waals surface area contributed by atoms with Crippen LogP contribution in [0.25, 0.3) is 0 Å². The van der Waals surface area contributed by atoms with Crippen LogP contribution in [0.4, 0.5) is 5.95 Å². The monoisotopic (exact) mass is 449 g/mol. The first kappa shape index (κ1) is 22.1. The van der Waals surface area contributed by atoms with Crippen LogP contribution in [0.2, 0.25) is 0 Å². The molecule has 3 aliphatic rings. The lowest BCUT2D eigenvalue weighted by Gasteiger charge is -2.43. The van der Waals surface area contributed by atoms with Gasteiger partial charge in [0.25, 0.3) is 0 Å². The van der Waals surface area contributed by atoms with Crippen molar-refractivity contribution in [3.8, 4) is 5.75 Å². The van der Waals surface area contributed by atoms with Gasteiger partial charge in [0.05, 0.1) is 18.7 Å². The van der Waals surface area contributed by atoms with Crippen LogP contribution in [0.5, 0.6) is 5.75 Å². The Morgan fingerprint density at radius 1 is 1.06 bits per heavy atom. The molecule has 33 heavy (non-hydrogen) atoms. The van der Waals surface area contributed by atoms with E-state index in [-0.39, 0.29) is 5.91 Å². The zero-order valence-corrected chi connectivity index (χ0v) is 19.7. The Labute approximate surface area is 196 Å². The van der Waals surface area contributed by atoms with E-state index in [2.05, 4.69) is 9.80 Å². The van der Waals surface area contributed by atoms with Crippen molar-refractivity contribution in [3.63, 3.8) is 0 Å². The second-order valence-electron chi connectivity index (χ2n) is 9.35. The van der Waals surface area contributed by atoms with E-state index in [9.17, 15) is 4.79 Å². The molecule has 0 spiro atoms. The molecule has 1 saturated heterocycles. The number of amides is 1. The third-order valence-electron chi connectivity index (χ3n) is 7.37. The Bertz CT molecular complexity index is 969. The normalized spacial score (nSPS) is 19.5. The minimum Gasteiger partial charge on any atom is -0.494 e. The van der Waals surface area contributed by atoms with Crippen molar-refractivity contribution in [3.05, 3.63) is 47.3 Å². The molecule has 1 aromatic heterocycles. The molecule has 3 heterocycles. The summed E-state index contributed by atoms with van der Waals surface area (Å²) in [6.07, 6.45) is 8.07. The standard InChI is InChI=1S/C26H35N5O2/c1-2-33-24-9-4-3-6-20(24)18-25(32)30-12-10-21-19-27-26(28-23(21)11-13-30)31-16-14-29(15-17-31)22-7-5-8-22/h3-4,6,9,19,22H,2,5,7-8,10-18H2,1H3. The number of rotatable bonds is 6. The van der Waals surface area contributed by atoms with Crippen molar-refractivity contribution >= 4 is 11.9 Å². The zero-order chi connectivity index (χ0) is 22.6. The Kier molecular flexibility index (Phi) is 6.76. The summed E-state index contributed by atoms with van der Waals surface area (Å²) in [6.45, 7) is 8.19. The largest absolute Gasteiger partial charge is 0.494 e. The van der Waals surface area contributed by atoms with Gasteiger partial charge in [0.2, 0.25) is 11.9 Å². The van der Waals surface area contributed by atoms with Gasteiger partial charge in [-0.3, -0.25) is 9.69 Å². The van der Waals surface area contributed by atoms with Gasteiger partial charge >= 0.3 is 0 Å². The number of ether oxygens (including phenoxy) is 1. The Morgan fingerprint density at radius 2 is 1.85 bits per heavy atom. The molecule has 7 heteroatoms. The van der Waals surface area contributed by atoms with Crippen LogP contribution in [-0.2, 0) is 24.1 Å². The van der Waals surface area contributed by atoms with Crippen molar-refractivity contribution in [2.75, 3.05) is 50.8 Å². The number of aromatic nitrogens is 2. The van der Waals surface area contributed by atoms with Gasteiger partial charge in [0.1, 0.15) is 5.75 Å². The van der Waals surface area contributed by atoms with E-state index >= 15 is 0 Å². The Balaban J connectivity index is 1.20. The number of carbonyl (C=O) groups is 1. The smallest absolute Gasteiger partial charge is 0.227 e. The predicted octanol–water partition coefficient (Wildman–Crippen LogP) is 2.72. The number of piperazine rings is 1. The van der Waals surface area contributed by atoms with Gasteiger partial charge in [-0.15, -0.1) is 0 Å². The number of fused-ring (bicyclic) bond motifs is 1. The first-order valence-electron chi connectivity index (χ1n) is 12.5. The number of para-hydroxylation sites is 1. The molecule has 1 amide bonds. The molecule has 1 saturated carbocycles. The maximum absolute atomic E-state index is 13.1. The molecule has 0 N–H and O–H groups in total. The van der Waals surface area contributed by atoms with Gasteiger partial charge in [0, 0.05) is 63.5 Å². The van der Waals surface area contributed by atoms with Crippen LogP contribution in [0.1, 0.15) is 43.0 Å². The number of hydrogen-bond donors (Lipinski definition) is 0. The van der Waals surface area contributed by atoms with Crippen molar-refractivity contribution in [2.45, 2.75) is 51.5 Å². The lowest BCUT2D eigenvalue weighted by Crippen LogP contribution is -2.52. The lowest BCUT2D eigenvalue weighted by atomic mass is 9.91. The summed E-state index contributed by atoms with van der Waals surface area (Å²) >= 11 is 0. The molecule has 0 radical (unpaired) electrons. The average Bonchev–Trinajstić information content (AvgIpc) is 3.02. The number of nitrogens with zero attached hydrogens (tertiary/aromatic N) is 5. The lowest BCUT2D eigenvalue weighted by molar-refractivity contribution is -0.130. The Hall–Kier alpha value is -2.67. The van der Waals surface area contributed by atoms with E-state index in [0.717, 1.165) is 68.0 Å². The van der Waals surface area contributed by atoms with Gasteiger partial charge in [-0.2, -0.15) is 0 Å². The maximum Gasteiger partial charge on any atom is 0.227 e. The van der Waals surface area contributed by atoms with Crippen LogP contribution in [0, 0.1) is 0 Å². The summed E-state index contributed by atoms with van der Waals surface area (Å²) in [6, 6.07) is 8.65. The fourth-order valence-corrected chi connectivity index (χ4v) is 5.13. The van der Waals surface area contributed by atoms with Crippen molar-refractivity contribution in [1.29, 1.82) is 0 Å². The molecule has 176 valence electrons. The highest BCUT2D eigenvalue weighted by molar-refractivity contribution is 5.79. The highest BCUT2D eigenvalue weighted by Crippen LogP contribution is 2.26. The summed E-state index contributed by atoms with van der Waals surface area (Å²) < 4.78 is 5.70. The molecule has 0 atom stereocenters. The SMILES string of the molecule is CCOc1ccccc1CC(=O)N1CCc2cnc(N3CCN(C4CCC4)CC3)nc2CC1. The number of hydrogen-bond acceptors (Lipinski definition) is 6. The molecule has 0 bridgehead atoms. The summed E-state index contributed by atoms with van der Waals surface area (Å²) in [4.78, 5) is 29.7. The molecular weight excluding hydrogens is 414 g/mol. The van der Waals surface area contributed by atoms with Gasteiger partial charge in [-0.05, 0) is 37.8 Å². The van der Waals surface area contributed by atoms with Crippen LogP contribution in [0.15, 0.2) is 30.5 Å². The van der Waals surface area contributed by atoms with E-state index in [1.54, 1.807) is 0 Å². The van der Waals surface area contributed by atoms with E-state index in [1.807, 2.05) is 42.3 Å². The molecule has 1 aliphatic carbocycles. The van der Waals surface area contributed by atoms with Gasteiger partial charge in [-0.25, -0.2) is 9.97 Å². The molecule has 2 aliphatic heterocycles. The second-order valence-corrected chi connectivity index (χ2v) is 9.35. The highest BCUT2D eigenvalue weighted by atomic mass is 16.5. The number of benzene rings is 1. The minimum absolute atomic E-state index is 0.148. The molecule has 2 fully saturated rings. The third-order valence-corrected chi connectivity index (χ3v) is 7.37. The quantitative estimate of drug-likeness (QED) is 0.676. The first-order valence-corrected chi connectivity index (χ1v) is 12.5. The minimum atomic E-state index is 0.148. The van der Waals surface area contributed by atoms with Crippen LogP contribution in [-0.4, -0.2) is 77.6 Å². The summed E-state index contributed by atoms with van der Waals surface area (Å²) in [5.74, 6) is 1.81. The first-order chi connectivity index (χ1) is 16.2. The van der Waals surface area contributed by atoms with Gasteiger partial charge in [-0.1, -0.05) is 24.6 Å². The zero-order valence-electron chi connectivity index (χ0n) is 19.7. The summed E-state index contributed by atoms with van der Waals surface area (Å²) in [5.41, 5.74) is 3.23. The van der Waals surface area contributed by atoms with Crippen molar-refractivity contribution < 1.29 is 9.53 Å². The van der Waals surface area contributed by atoms with Gasteiger partial charge in [0.15, 0.2) is 0 Å². The predicted molar refractivity (Wildman–Crippen MR) is 129 cm³/mol. The topological polar surface area (TPSA) is 61.8 Å². The molecular formula is C26H35N5O2. The van der Waals surface area contributed by atoms with Crippen molar-refractivity contribution in [2.24, 2.45) is 0 Å². The van der Waals surface area contributed by atoms with E-state index in [1.165, 1.54) is 24.8 Å². The molecule has 7 nitrogen and oxygen atoms in total. The molecule has 1 aromatic carbocycles. The Morgan fingerprint density at radius 3 is 2.61 bits per heavy atom. The summed E-state index contributed by atoms with van der Waals surface area (Å²) in [5, 5.41) is 0. The highest BCUT2D eigenvalue weighted by Gasteiger charge is 2.29. The fraction of sp³-hybridized carbons (Fsp3) is 0.577. The van der Waals surface area contributed by atoms with Crippen LogP contribution in [0.3, 0.4) is 0 Å². The van der Waals surface area contributed by atoms with E-state index in [4.69, 9.17) is 14.7 Å². The van der Waals surface area contributed by atoms with E-state index < -0.39 is 0 Å². The molecule has 0 unspecified atom stereocenters. The number of anilines is 1. The fourth-order valence-electron chi connectivity index (χ4n) is 5.13. The summed E-state index contributed by atoms with van der Waals surface area (Å²) in [7, 11) is 0. The number of carbonyl (C=O) groups excluding carboxylic acids is 1. The van der Waals surface area contributed by atoms with E-state index in [0.29, 0.717) is 26.1 Å². The molecule has 5 rings (SSSR count). The average molecular weight is 450 g/mol. The van der Waals surface area contributed by atoms with Crippen LogP contribution < -0.4 is 9.64 Å². The molecule has 2 aromatic rings. The van der Waals surface area contributed by atoms with Crippen molar-refractivity contribution in [1.82, 2.24) is 19.8 Å².